The van der Waals surface area contributed by atoms with Gasteiger partial charge in [-0.15, -0.1) is 0 Å². The van der Waals surface area contributed by atoms with E-state index in [1.165, 1.54) is 45.3 Å². The first-order valence-electron chi connectivity index (χ1n) is 10.2. The van der Waals surface area contributed by atoms with E-state index in [0.29, 0.717) is 12.0 Å². The van der Waals surface area contributed by atoms with Gasteiger partial charge in [0.15, 0.2) is 5.96 Å². The lowest BCUT2D eigenvalue weighted by Crippen LogP contribution is -2.49. The molecular weight excluding hydrogens is 316 g/mol. The number of unbranched alkanes of at least 4 members (excludes halogenated alkanes) is 1. The molecule has 6 heteroatoms. The molecule has 2 N–H and O–H groups in total. The van der Waals surface area contributed by atoms with Crippen LogP contribution in [0.5, 0.6) is 0 Å². The van der Waals surface area contributed by atoms with Crippen LogP contribution in [0.4, 0.5) is 0 Å². The van der Waals surface area contributed by atoms with Gasteiger partial charge in [0.2, 0.25) is 0 Å². The highest BCUT2D eigenvalue weighted by molar-refractivity contribution is 5.79. The fraction of sp³-hybridized carbons (Fsp3) is 0.947. The first-order chi connectivity index (χ1) is 12.3. The summed E-state index contributed by atoms with van der Waals surface area (Å²) in [6, 6.07) is 0.544. The molecule has 2 fully saturated rings. The highest BCUT2D eigenvalue weighted by Gasteiger charge is 2.19. The third-order valence-corrected chi connectivity index (χ3v) is 5.12. The summed E-state index contributed by atoms with van der Waals surface area (Å²) in [6.45, 7) is 10.2. The maximum Gasteiger partial charge on any atom is 0.191 e. The zero-order chi connectivity index (χ0) is 17.7. The highest BCUT2D eigenvalue weighted by atomic mass is 16.5. The Hall–Kier alpha value is -0.850. The average molecular weight is 355 g/mol. The lowest BCUT2D eigenvalue weighted by atomic mass is 10.0. The zero-order valence-electron chi connectivity index (χ0n) is 16.3. The van der Waals surface area contributed by atoms with E-state index in [0.717, 1.165) is 51.8 Å². The summed E-state index contributed by atoms with van der Waals surface area (Å²) < 4.78 is 11.1. The molecule has 1 atom stereocenters. The molecule has 2 aliphatic heterocycles. The second-order valence-corrected chi connectivity index (χ2v) is 7.27. The van der Waals surface area contributed by atoms with Crippen LogP contribution >= 0.6 is 0 Å². The van der Waals surface area contributed by atoms with E-state index in [2.05, 4.69) is 27.4 Å². The van der Waals surface area contributed by atoms with E-state index in [-0.39, 0.29) is 0 Å². The number of likely N-dealkylation sites (tertiary alicyclic amines) is 1. The molecule has 0 spiro atoms. The Morgan fingerprint density at radius 2 is 2.08 bits per heavy atom. The quantitative estimate of drug-likeness (QED) is 0.356. The summed E-state index contributed by atoms with van der Waals surface area (Å²) in [5.41, 5.74) is 0. The molecule has 2 aliphatic rings. The molecule has 2 heterocycles. The number of aliphatic imine (C=N–C) groups is 1. The van der Waals surface area contributed by atoms with Crippen molar-refractivity contribution in [3.63, 3.8) is 0 Å². The standard InChI is InChI=1S/C19H38N4O2/c1-3-4-10-23-11-6-18(7-12-23)22-19(20-2)21-9-5-13-24-15-17-8-14-25-16-17/h17-18H,3-16H2,1-2H3,(H2,20,21,22). The Morgan fingerprint density at radius 1 is 1.24 bits per heavy atom. The largest absolute Gasteiger partial charge is 0.381 e. The van der Waals surface area contributed by atoms with Crippen molar-refractivity contribution in [1.82, 2.24) is 15.5 Å². The van der Waals surface area contributed by atoms with E-state index in [9.17, 15) is 0 Å². The molecule has 0 aromatic rings. The summed E-state index contributed by atoms with van der Waals surface area (Å²) in [5.74, 6) is 1.53. The molecule has 1 unspecified atom stereocenters. The number of hydrogen-bond donors (Lipinski definition) is 2. The summed E-state index contributed by atoms with van der Waals surface area (Å²) in [6.07, 6.45) is 7.16. The van der Waals surface area contributed by atoms with Crippen molar-refractivity contribution in [2.24, 2.45) is 10.9 Å². The molecular formula is C19H38N4O2. The molecule has 0 radical (unpaired) electrons. The maximum absolute atomic E-state index is 5.74. The molecule has 0 amide bonds. The minimum absolute atomic E-state index is 0.544. The van der Waals surface area contributed by atoms with Crippen LogP contribution in [-0.4, -0.2) is 76.6 Å². The number of nitrogens with zero attached hydrogens (tertiary/aromatic N) is 2. The Balaban J connectivity index is 1.49. The third kappa shape index (κ3) is 8.38. The first-order valence-corrected chi connectivity index (χ1v) is 10.2. The zero-order valence-corrected chi connectivity index (χ0v) is 16.3. The molecule has 146 valence electrons. The van der Waals surface area contributed by atoms with Crippen LogP contribution in [0, 0.1) is 5.92 Å². The van der Waals surface area contributed by atoms with E-state index in [4.69, 9.17) is 9.47 Å². The number of guanidine groups is 1. The molecule has 2 saturated heterocycles. The van der Waals surface area contributed by atoms with Gasteiger partial charge >= 0.3 is 0 Å². The molecule has 0 aromatic heterocycles. The highest BCUT2D eigenvalue weighted by Crippen LogP contribution is 2.12. The summed E-state index contributed by atoms with van der Waals surface area (Å²) in [7, 11) is 1.85. The van der Waals surface area contributed by atoms with Crippen molar-refractivity contribution in [2.45, 2.75) is 51.5 Å². The van der Waals surface area contributed by atoms with E-state index >= 15 is 0 Å². The summed E-state index contributed by atoms with van der Waals surface area (Å²) >= 11 is 0. The Labute approximate surface area is 153 Å². The van der Waals surface area contributed by atoms with Gasteiger partial charge in [-0.1, -0.05) is 13.3 Å². The number of ether oxygens (including phenoxy) is 2. The average Bonchev–Trinajstić information content (AvgIpc) is 3.16. The summed E-state index contributed by atoms with van der Waals surface area (Å²) in [4.78, 5) is 6.94. The van der Waals surface area contributed by atoms with Crippen LogP contribution in [-0.2, 0) is 9.47 Å². The van der Waals surface area contributed by atoms with Gasteiger partial charge < -0.3 is 25.0 Å². The Kier molecular flexibility index (Phi) is 10.2. The van der Waals surface area contributed by atoms with Crippen molar-refractivity contribution in [2.75, 3.05) is 59.7 Å². The van der Waals surface area contributed by atoms with E-state index < -0.39 is 0 Å². The van der Waals surface area contributed by atoms with E-state index in [1.807, 2.05) is 7.05 Å². The van der Waals surface area contributed by atoms with Gasteiger partial charge in [0.25, 0.3) is 0 Å². The van der Waals surface area contributed by atoms with Crippen molar-refractivity contribution in [1.29, 1.82) is 0 Å². The van der Waals surface area contributed by atoms with Crippen molar-refractivity contribution in [3.8, 4) is 0 Å². The first kappa shape index (κ1) is 20.5. The fourth-order valence-electron chi connectivity index (χ4n) is 3.42. The normalized spacial score (nSPS) is 23.1. The van der Waals surface area contributed by atoms with Crippen LogP contribution in [0.25, 0.3) is 0 Å². The van der Waals surface area contributed by atoms with Crippen LogP contribution in [0.15, 0.2) is 4.99 Å². The van der Waals surface area contributed by atoms with Gasteiger partial charge in [0.1, 0.15) is 0 Å². The number of hydrogen-bond acceptors (Lipinski definition) is 4. The maximum atomic E-state index is 5.74. The predicted octanol–water partition coefficient (Wildman–Crippen LogP) is 1.86. The monoisotopic (exact) mass is 354 g/mol. The van der Waals surface area contributed by atoms with Gasteiger partial charge in [0, 0.05) is 51.9 Å². The number of rotatable bonds is 10. The van der Waals surface area contributed by atoms with Crippen LogP contribution in [0.3, 0.4) is 0 Å². The molecule has 0 bridgehead atoms. The number of piperidine rings is 1. The van der Waals surface area contributed by atoms with Gasteiger partial charge in [-0.25, -0.2) is 0 Å². The van der Waals surface area contributed by atoms with Crippen LogP contribution in [0.2, 0.25) is 0 Å². The molecule has 6 nitrogen and oxygen atoms in total. The van der Waals surface area contributed by atoms with Gasteiger partial charge in [-0.05, 0) is 38.6 Å². The van der Waals surface area contributed by atoms with Gasteiger partial charge in [-0.3, -0.25) is 4.99 Å². The minimum Gasteiger partial charge on any atom is -0.381 e. The van der Waals surface area contributed by atoms with Gasteiger partial charge in [0.05, 0.1) is 13.2 Å². The van der Waals surface area contributed by atoms with Gasteiger partial charge in [-0.2, -0.15) is 0 Å². The van der Waals surface area contributed by atoms with Crippen molar-refractivity contribution >= 4 is 5.96 Å². The van der Waals surface area contributed by atoms with E-state index in [1.54, 1.807) is 0 Å². The predicted molar refractivity (Wildman–Crippen MR) is 103 cm³/mol. The summed E-state index contributed by atoms with van der Waals surface area (Å²) in [5, 5.41) is 6.98. The lowest BCUT2D eigenvalue weighted by Gasteiger charge is -2.33. The molecule has 2 rings (SSSR count). The molecule has 25 heavy (non-hydrogen) atoms. The number of nitrogens with one attached hydrogen (secondary N) is 2. The van der Waals surface area contributed by atoms with Crippen molar-refractivity contribution < 1.29 is 9.47 Å². The topological polar surface area (TPSA) is 58.1 Å². The third-order valence-electron chi connectivity index (χ3n) is 5.12. The SMILES string of the molecule is CCCCN1CCC(NC(=NC)NCCCOCC2CCOC2)CC1. The van der Waals surface area contributed by atoms with Crippen LogP contribution in [0.1, 0.15) is 45.4 Å². The second kappa shape index (κ2) is 12.5. The van der Waals surface area contributed by atoms with Crippen molar-refractivity contribution in [3.05, 3.63) is 0 Å². The molecule has 0 aliphatic carbocycles. The lowest BCUT2D eigenvalue weighted by molar-refractivity contribution is 0.0888. The second-order valence-electron chi connectivity index (χ2n) is 7.27. The van der Waals surface area contributed by atoms with Crippen LogP contribution < -0.4 is 10.6 Å². The Bertz CT molecular complexity index is 364. The Morgan fingerprint density at radius 3 is 2.76 bits per heavy atom. The smallest absolute Gasteiger partial charge is 0.191 e. The minimum atomic E-state index is 0.544. The fourth-order valence-corrected chi connectivity index (χ4v) is 3.42. The molecule has 0 saturated carbocycles. The molecule has 0 aromatic carbocycles.